The predicted octanol–water partition coefficient (Wildman–Crippen LogP) is 3.40. The van der Waals surface area contributed by atoms with E-state index in [-0.39, 0.29) is 10.6 Å². The molecule has 0 saturated heterocycles. The van der Waals surface area contributed by atoms with Crippen LogP contribution in [0.4, 0.5) is 11.4 Å². The van der Waals surface area contributed by atoms with Gasteiger partial charge in [0.1, 0.15) is 5.69 Å². The van der Waals surface area contributed by atoms with Gasteiger partial charge in [-0.15, -0.1) is 0 Å². The van der Waals surface area contributed by atoms with Gasteiger partial charge in [-0.25, -0.2) is 0 Å². The van der Waals surface area contributed by atoms with Crippen molar-refractivity contribution in [3.05, 3.63) is 33.9 Å². The lowest BCUT2D eigenvalue weighted by Crippen LogP contribution is -2.27. The molecule has 1 aromatic carbocycles. The lowest BCUT2D eigenvalue weighted by atomic mass is 10.1. The van der Waals surface area contributed by atoms with Gasteiger partial charge < -0.3 is 5.32 Å². The number of benzene rings is 1. The summed E-state index contributed by atoms with van der Waals surface area (Å²) in [5.41, 5.74) is 1.89. The van der Waals surface area contributed by atoms with Crippen LogP contribution in [-0.4, -0.2) is 29.0 Å². The number of nitro groups is 1. The van der Waals surface area contributed by atoms with Crippen molar-refractivity contribution in [3.8, 4) is 0 Å². The normalized spacial score (nSPS) is 14.6. The lowest BCUT2D eigenvalue weighted by Gasteiger charge is -2.22. The number of hydrogen-bond acceptors (Lipinski definition) is 4. The predicted molar refractivity (Wildman–Crippen MR) is 81.0 cm³/mol. The second kappa shape index (κ2) is 6.70. The smallest absolute Gasteiger partial charge is 0.292 e. The summed E-state index contributed by atoms with van der Waals surface area (Å²) in [6, 6.07) is 6.02. The van der Waals surface area contributed by atoms with E-state index in [1.807, 2.05) is 13.0 Å². The third-order valence-electron chi connectivity index (χ3n) is 3.63. The highest BCUT2D eigenvalue weighted by Crippen LogP contribution is 2.33. The van der Waals surface area contributed by atoms with Crippen molar-refractivity contribution in [1.29, 1.82) is 0 Å². The Kier molecular flexibility index (Phi) is 4.95. The van der Waals surface area contributed by atoms with E-state index < -0.39 is 0 Å². The van der Waals surface area contributed by atoms with Crippen LogP contribution in [0.3, 0.4) is 0 Å². The fourth-order valence-electron chi connectivity index (χ4n) is 2.59. The third-order valence-corrected chi connectivity index (χ3v) is 3.63. The number of rotatable bonds is 8. The van der Waals surface area contributed by atoms with Gasteiger partial charge in [-0.1, -0.05) is 19.1 Å². The Morgan fingerprint density at radius 1 is 1.40 bits per heavy atom. The second-order valence-electron chi connectivity index (χ2n) is 5.30. The molecule has 5 nitrogen and oxygen atoms in total. The van der Waals surface area contributed by atoms with E-state index in [2.05, 4.69) is 17.1 Å². The fourth-order valence-corrected chi connectivity index (χ4v) is 2.59. The molecule has 5 heteroatoms. The maximum absolute atomic E-state index is 11.2. The van der Waals surface area contributed by atoms with E-state index in [4.69, 9.17) is 0 Å². The van der Waals surface area contributed by atoms with E-state index >= 15 is 0 Å². The summed E-state index contributed by atoms with van der Waals surface area (Å²) < 4.78 is 0. The molecule has 1 aliphatic carbocycles. The summed E-state index contributed by atoms with van der Waals surface area (Å²) in [6.45, 7) is 6.68. The topological polar surface area (TPSA) is 58.4 Å². The molecular formula is C15H23N3O2. The summed E-state index contributed by atoms with van der Waals surface area (Å²) in [6.07, 6.45) is 3.62. The SMILES string of the molecule is CCCN(Cc1cccc([N+](=O)[O-])c1NCC)C1CC1. The molecule has 0 bridgehead atoms. The van der Waals surface area contributed by atoms with Crippen molar-refractivity contribution >= 4 is 11.4 Å². The maximum Gasteiger partial charge on any atom is 0.292 e. The Morgan fingerprint density at radius 3 is 2.70 bits per heavy atom. The minimum atomic E-state index is -0.303. The maximum atomic E-state index is 11.2. The number of anilines is 1. The van der Waals surface area contributed by atoms with Gasteiger partial charge in [0.15, 0.2) is 0 Å². The summed E-state index contributed by atoms with van der Waals surface area (Å²) in [4.78, 5) is 13.3. The molecule has 0 heterocycles. The standard InChI is InChI=1S/C15H23N3O2/c1-3-10-17(13-8-9-13)11-12-6-5-7-14(18(19)20)15(12)16-4-2/h5-7,13,16H,3-4,8-11H2,1-2H3. The molecule has 1 aliphatic rings. The molecule has 2 rings (SSSR count). The van der Waals surface area contributed by atoms with E-state index in [1.165, 1.54) is 12.8 Å². The van der Waals surface area contributed by atoms with E-state index in [0.717, 1.165) is 25.1 Å². The van der Waals surface area contributed by atoms with Crippen LogP contribution in [0.2, 0.25) is 0 Å². The van der Waals surface area contributed by atoms with Crippen molar-refractivity contribution in [2.75, 3.05) is 18.4 Å². The van der Waals surface area contributed by atoms with Crippen molar-refractivity contribution in [2.24, 2.45) is 0 Å². The van der Waals surface area contributed by atoms with E-state index in [0.29, 0.717) is 18.3 Å². The van der Waals surface area contributed by atoms with Crippen LogP contribution in [0.25, 0.3) is 0 Å². The molecule has 0 unspecified atom stereocenters. The first-order valence-corrected chi connectivity index (χ1v) is 7.41. The van der Waals surface area contributed by atoms with Gasteiger partial charge in [0.05, 0.1) is 4.92 Å². The molecule has 1 saturated carbocycles. The van der Waals surface area contributed by atoms with Gasteiger partial charge in [0.2, 0.25) is 0 Å². The van der Waals surface area contributed by atoms with Gasteiger partial charge in [-0.2, -0.15) is 0 Å². The lowest BCUT2D eigenvalue weighted by molar-refractivity contribution is -0.384. The number of nitrogens with zero attached hydrogens (tertiary/aromatic N) is 2. The van der Waals surface area contributed by atoms with E-state index in [1.54, 1.807) is 12.1 Å². The summed E-state index contributed by atoms with van der Waals surface area (Å²) in [5, 5.41) is 14.3. The highest BCUT2D eigenvalue weighted by molar-refractivity contribution is 5.66. The first kappa shape index (κ1) is 14.8. The second-order valence-corrected chi connectivity index (χ2v) is 5.30. The monoisotopic (exact) mass is 277 g/mol. The largest absolute Gasteiger partial charge is 0.380 e. The minimum Gasteiger partial charge on any atom is -0.380 e. The summed E-state index contributed by atoms with van der Waals surface area (Å²) in [7, 11) is 0. The van der Waals surface area contributed by atoms with Gasteiger partial charge in [0, 0.05) is 25.2 Å². The first-order chi connectivity index (χ1) is 9.67. The van der Waals surface area contributed by atoms with E-state index in [9.17, 15) is 10.1 Å². The molecule has 0 atom stereocenters. The molecule has 1 aromatic rings. The first-order valence-electron chi connectivity index (χ1n) is 7.41. The molecule has 0 radical (unpaired) electrons. The highest BCUT2D eigenvalue weighted by atomic mass is 16.6. The van der Waals surface area contributed by atoms with Gasteiger partial charge in [0.25, 0.3) is 5.69 Å². The van der Waals surface area contributed by atoms with Crippen LogP contribution in [0.5, 0.6) is 0 Å². The highest BCUT2D eigenvalue weighted by Gasteiger charge is 2.29. The molecule has 1 N–H and O–H groups in total. The van der Waals surface area contributed by atoms with Crippen molar-refractivity contribution < 1.29 is 4.92 Å². The Morgan fingerprint density at radius 2 is 2.15 bits per heavy atom. The van der Waals surface area contributed by atoms with Crippen molar-refractivity contribution in [1.82, 2.24) is 4.90 Å². The van der Waals surface area contributed by atoms with Crippen LogP contribution >= 0.6 is 0 Å². The minimum absolute atomic E-state index is 0.177. The number of nitro benzene ring substituents is 1. The van der Waals surface area contributed by atoms with Gasteiger partial charge in [-0.3, -0.25) is 15.0 Å². The molecular weight excluding hydrogens is 254 g/mol. The Bertz CT molecular complexity index is 472. The Hall–Kier alpha value is -1.62. The zero-order valence-electron chi connectivity index (χ0n) is 12.3. The molecule has 0 spiro atoms. The van der Waals surface area contributed by atoms with Gasteiger partial charge >= 0.3 is 0 Å². The molecule has 20 heavy (non-hydrogen) atoms. The fraction of sp³-hybridized carbons (Fsp3) is 0.600. The van der Waals surface area contributed by atoms with Gasteiger partial charge in [-0.05, 0) is 38.3 Å². The average molecular weight is 277 g/mol. The third kappa shape index (κ3) is 3.48. The Labute approximate surface area is 120 Å². The zero-order chi connectivity index (χ0) is 14.5. The summed E-state index contributed by atoms with van der Waals surface area (Å²) in [5.74, 6) is 0. The van der Waals surface area contributed by atoms with Crippen LogP contribution in [-0.2, 0) is 6.54 Å². The Balaban J connectivity index is 2.24. The average Bonchev–Trinajstić information content (AvgIpc) is 3.24. The number of nitrogens with one attached hydrogen (secondary N) is 1. The van der Waals surface area contributed by atoms with Crippen LogP contribution in [0.15, 0.2) is 18.2 Å². The number of hydrogen-bond donors (Lipinski definition) is 1. The van der Waals surface area contributed by atoms with Crippen LogP contribution < -0.4 is 5.32 Å². The molecule has 0 aliphatic heterocycles. The molecule has 110 valence electrons. The van der Waals surface area contributed by atoms with Crippen molar-refractivity contribution in [2.45, 2.75) is 45.7 Å². The molecule has 0 aromatic heterocycles. The quantitative estimate of drug-likeness (QED) is 0.584. The zero-order valence-corrected chi connectivity index (χ0v) is 12.3. The molecule has 0 amide bonds. The van der Waals surface area contributed by atoms with Crippen molar-refractivity contribution in [3.63, 3.8) is 0 Å². The number of para-hydroxylation sites is 1. The molecule has 1 fully saturated rings. The van der Waals surface area contributed by atoms with Crippen LogP contribution in [0.1, 0.15) is 38.7 Å². The van der Waals surface area contributed by atoms with Crippen LogP contribution in [0, 0.1) is 10.1 Å². The summed E-state index contributed by atoms with van der Waals surface area (Å²) >= 11 is 0.